The molecule has 2 aromatic rings. The maximum Gasteiger partial charge on any atom is 0.250 e. The standard InChI is InChI=1S/C20H28FN3O/c1-5-6-7-14(22)8-11(2)9-15-17(21)10-16(20(23)25)19-18(15)12(3)13(4)24-19/h10,14,24H,2,5-9,22H2,1,3-4H3,(H2,23,25)/t14-/m0/s1. The third kappa shape index (κ3) is 4.10. The van der Waals surface area contributed by atoms with Crippen LogP contribution < -0.4 is 11.5 Å². The molecule has 0 radical (unpaired) electrons. The number of nitrogens with one attached hydrogen (secondary N) is 1. The van der Waals surface area contributed by atoms with Gasteiger partial charge in [0.05, 0.1) is 11.1 Å². The van der Waals surface area contributed by atoms with Crippen molar-refractivity contribution in [2.45, 2.75) is 58.9 Å². The second-order valence-corrected chi connectivity index (χ2v) is 6.91. The summed E-state index contributed by atoms with van der Waals surface area (Å²) < 4.78 is 14.7. The highest BCUT2D eigenvalue weighted by atomic mass is 19.1. The summed E-state index contributed by atoms with van der Waals surface area (Å²) in [6.45, 7) is 10.0. The number of benzene rings is 1. The fourth-order valence-corrected chi connectivity index (χ4v) is 3.33. The van der Waals surface area contributed by atoms with Crippen molar-refractivity contribution in [3.8, 4) is 0 Å². The summed E-state index contributed by atoms with van der Waals surface area (Å²) in [5, 5.41) is 0.731. The van der Waals surface area contributed by atoms with Crippen molar-refractivity contribution in [3.63, 3.8) is 0 Å². The van der Waals surface area contributed by atoms with E-state index >= 15 is 0 Å². The van der Waals surface area contributed by atoms with Crippen LogP contribution in [0.4, 0.5) is 4.39 Å². The smallest absolute Gasteiger partial charge is 0.250 e. The molecule has 0 bridgehead atoms. The van der Waals surface area contributed by atoms with E-state index in [4.69, 9.17) is 11.5 Å². The summed E-state index contributed by atoms with van der Waals surface area (Å²) in [7, 11) is 0. The van der Waals surface area contributed by atoms with Crippen LogP contribution in [0.5, 0.6) is 0 Å². The molecule has 1 heterocycles. The number of H-pyrrole nitrogens is 1. The van der Waals surface area contributed by atoms with Crippen LogP contribution in [0.3, 0.4) is 0 Å². The van der Waals surface area contributed by atoms with Crippen molar-refractivity contribution in [2.75, 3.05) is 0 Å². The molecule has 1 atom stereocenters. The number of halogens is 1. The molecule has 0 saturated carbocycles. The SMILES string of the molecule is C=C(Cc1c(F)cc(C(N)=O)c2[nH]c(C)c(C)c12)C[C@@H](N)CCCC. The van der Waals surface area contributed by atoms with Gasteiger partial charge >= 0.3 is 0 Å². The van der Waals surface area contributed by atoms with Crippen LogP contribution in [-0.2, 0) is 6.42 Å². The molecule has 0 spiro atoms. The van der Waals surface area contributed by atoms with E-state index in [9.17, 15) is 9.18 Å². The third-order valence-corrected chi connectivity index (χ3v) is 4.80. The number of primary amides is 1. The number of aromatic nitrogens is 1. The van der Waals surface area contributed by atoms with Crippen molar-refractivity contribution in [1.82, 2.24) is 4.98 Å². The van der Waals surface area contributed by atoms with Crippen molar-refractivity contribution in [1.29, 1.82) is 0 Å². The molecule has 0 fully saturated rings. The largest absolute Gasteiger partial charge is 0.366 e. The number of carbonyl (C=O) groups is 1. The maximum atomic E-state index is 14.7. The molecule has 5 N–H and O–H groups in total. The monoisotopic (exact) mass is 345 g/mol. The highest BCUT2D eigenvalue weighted by molar-refractivity contribution is 6.07. The minimum atomic E-state index is -0.642. The molecule has 1 amide bonds. The number of unbranched alkanes of at least 4 members (excludes halogenated alkanes) is 1. The first kappa shape index (κ1) is 19.2. The van der Waals surface area contributed by atoms with E-state index in [2.05, 4.69) is 18.5 Å². The van der Waals surface area contributed by atoms with Crippen LogP contribution in [0, 0.1) is 19.7 Å². The molecule has 1 aromatic heterocycles. The maximum absolute atomic E-state index is 14.7. The molecule has 5 heteroatoms. The lowest BCUT2D eigenvalue weighted by Gasteiger charge is -2.15. The Hall–Kier alpha value is -2.14. The first-order chi connectivity index (χ1) is 11.8. The van der Waals surface area contributed by atoms with Gasteiger partial charge in [-0.15, -0.1) is 0 Å². The van der Waals surface area contributed by atoms with Gasteiger partial charge in [-0.1, -0.05) is 31.9 Å². The summed E-state index contributed by atoms with van der Waals surface area (Å²) in [6.07, 6.45) is 4.19. The van der Waals surface area contributed by atoms with Gasteiger partial charge in [0.1, 0.15) is 5.82 Å². The van der Waals surface area contributed by atoms with Crippen molar-refractivity contribution in [3.05, 3.63) is 46.4 Å². The molecule has 0 unspecified atom stereocenters. The van der Waals surface area contributed by atoms with E-state index in [0.717, 1.165) is 41.5 Å². The van der Waals surface area contributed by atoms with Gasteiger partial charge in [0, 0.05) is 22.7 Å². The molecular weight excluding hydrogens is 317 g/mol. The zero-order chi connectivity index (χ0) is 18.7. The third-order valence-electron chi connectivity index (χ3n) is 4.80. The van der Waals surface area contributed by atoms with Gasteiger partial charge in [-0.05, 0) is 44.7 Å². The van der Waals surface area contributed by atoms with Crippen LogP contribution in [0.2, 0.25) is 0 Å². The van der Waals surface area contributed by atoms with Gasteiger partial charge in [-0.2, -0.15) is 0 Å². The Morgan fingerprint density at radius 1 is 1.40 bits per heavy atom. The van der Waals surface area contributed by atoms with Crippen molar-refractivity contribution < 1.29 is 9.18 Å². The lowest BCUT2D eigenvalue weighted by atomic mass is 9.93. The molecule has 0 aliphatic heterocycles. The highest BCUT2D eigenvalue weighted by Crippen LogP contribution is 2.32. The molecule has 2 rings (SSSR count). The van der Waals surface area contributed by atoms with Gasteiger partial charge in [0.15, 0.2) is 0 Å². The Morgan fingerprint density at radius 2 is 2.08 bits per heavy atom. The van der Waals surface area contributed by atoms with Gasteiger partial charge in [0.25, 0.3) is 5.91 Å². The van der Waals surface area contributed by atoms with Crippen molar-refractivity contribution >= 4 is 16.8 Å². The van der Waals surface area contributed by atoms with E-state index in [1.807, 2.05) is 13.8 Å². The first-order valence-corrected chi connectivity index (χ1v) is 8.78. The predicted molar refractivity (Wildman–Crippen MR) is 101 cm³/mol. The molecule has 4 nitrogen and oxygen atoms in total. The highest BCUT2D eigenvalue weighted by Gasteiger charge is 2.20. The average molecular weight is 345 g/mol. The number of carbonyl (C=O) groups excluding carboxylic acids is 1. The van der Waals surface area contributed by atoms with Gasteiger partial charge in [0.2, 0.25) is 0 Å². The van der Waals surface area contributed by atoms with Crippen LogP contribution in [0.15, 0.2) is 18.2 Å². The topological polar surface area (TPSA) is 84.9 Å². The Bertz CT molecular complexity index is 807. The number of rotatable bonds is 8. The van der Waals surface area contributed by atoms with Crippen LogP contribution in [0.25, 0.3) is 10.9 Å². The Labute approximate surface area is 148 Å². The second-order valence-electron chi connectivity index (χ2n) is 6.91. The quantitative estimate of drug-likeness (QED) is 0.631. The van der Waals surface area contributed by atoms with E-state index in [0.29, 0.717) is 23.9 Å². The number of aryl methyl sites for hydroxylation is 2. The fraction of sp³-hybridized carbons (Fsp3) is 0.450. The summed E-state index contributed by atoms with van der Waals surface area (Å²) in [5.74, 6) is -1.07. The number of aromatic amines is 1. The molecular formula is C20H28FN3O. The zero-order valence-corrected chi connectivity index (χ0v) is 15.3. The predicted octanol–water partition coefficient (Wildman–Crippen LogP) is 4.03. The number of nitrogens with two attached hydrogens (primary N) is 2. The van der Waals surface area contributed by atoms with Crippen LogP contribution in [0.1, 0.15) is 59.8 Å². The van der Waals surface area contributed by atoms with E-state index < -0.39 is 11.7 Å². The van der Waals surface area contributed by atoms with Crippen LogP contribution >= 0.6 is 0 Å². The van der Waals surface area contributed by atoms with Gasteiger partial charge < -0.3 is 16.5 Å². The number of hydrogen-bond donors (Lipinski definition) is 3. The lowest BCUT2D eigenvalue weighted by Crippen LogP contribution is -2.20. The second kappa shape index (κ2) is 7.83. The Kier molecular flexibility index (Phi) is 6.01. The normalized spacial score (nSPS) is 12.5. The first-order valence-electron chi connectivity index (χ1n) is 8.78. The van der Waals surface area contributed by atoms with E-state index in [1.165, 1.54) is 6.07 Å². The Morgan fingerprint density at radius 3 is 2.68 bits per heavy atom. The fourth-order valence-electron chi connectivity index (χ4n) is 3.33. The van der Waals surface area contributed by atoms with E-state index in [1.54, 1.807) is 0 Å². The summed E-state index contributed by atoms with van der Waals surface area (Å²) in [6, 6.07) is 1.27. The molecule has 136 valence electrons. The number of hydrogen-bond acceptors (Lipinski definition) is 2. The summed E-state index contributed by atoms with van der Waals surface area (Å²) in [4.78, 5) is 14.8. The van der Waals surface area contributed by atoms with E-state index in [-0.39, 0.29) is 11.6 Å². The molecule has 25 heavy (non-hydrogen) atoms. The summed E-state index contributed by atoms with van der Waals surface area (Å²) >= 11 is 0. The number of fused-ring (bicyclic) bond motifs is 1. The Balaban J connectivity index is 2.38. The molecule has 1 aromatic carbocycles. The average Bonchev–Trinajstić information content (AvgIpc) is 2.83. The lowest BCUT2D eigenvalue weighted by molar-refractivity contribution is 0.100. The molecule has 0 aliphatic rings. The van der Waals surface area contributed by atoms with Crippen molar-refractivity contribution in [2.24, 2.45) is 11.5 Å². The van der Waals surface area contributed by atoms with Gasteiger partial charge in [-0.3, -0.25) is 4.79 Å². The zero-order valence-electron chi connectivity index (χ0n) is 15.3. The minimum absolute atomic E-state index is 0.0463. The number of amides is 1. The molecule has 0 aliphatic carbocycles. The summed E-state index contributed by atoms with van der Waals surface area (Å²) in [5.41, 5.74) is 15.6. The molecule has 0 saturated heterocycles. The minimum Gasteiger partial charge on any atom is -0.366 e. The van der Waals surface area contributed by atoms with Crippen LogP contribution in [-0.4, -0.2) is 16.9 Å². The van der Waals surface area contributed by atoms with Gasteiger partial charge in [-0.25, -0.2) is 4.39 Å².